The van der Waals surface area contributed by atoms with Gasteiger partial charge in [-0.05, 0) is 108 Å². The number of hydrogen-bond donors (Lipinski definition) is 1. The molecule has 0 aliphatic heterocycles. The lowest BCUT2D eigenvalue weighted by Crippen LogP contribution is -2.38. The normalized spacial score (nSPS) is 11.6. The van der Waals surface area contributed by atoms with Crippen LogP contribution in [-0.2, 0) is 16.2 Å². The minimum atomic E-state index is -0.407. The Morgan fingerprint density at radius 3 is 2.00 bits per heavy atom. The van der Waals surface area contributed by atoms with Crippen molar-refractivity contribution < 1.29 is 14.3 Å². The molecule has 0 aliphatic rings. The van der Waals surface area contributed by atoms with Gasteiger partial charge in [-0.1, -0.05) is 60.7 Å². The quantitative estimate of drug-likeness (QED) is 0.109. The van der Waals surface area contributed by atoms with Gasteiger partial charge in [0.15, 0.2) is 0 Å². The van der Waals surface area contributed by atoms with Crippen molar-refractivity contribution in [3.8, 4) is 5.75 Å². The predicted octanol–water partition coefficient (Wildman–Crippen LogP) is 9.01. The Hall–Kier alpha value is -7.85. The molecule has 0 saturated heterocycles. The van der Waals surface area contributed by atoms with E-state index in [1.54, 1.807) is 61.4 Å². The molecular formula is C49H41N7O3. The molecule has 0 aliphatic carbocycles. The number of likely N-dealkylation sites (N-methyl/N-ethyl adjacent to an activating group) is 1. The molecule has 0 radical (unpaired) electrons. The summed E-state index contributed by atoms with van der Waals surface area (Å²) in [6, 6.07) is 29.0. The van der Waals surface area contributed by atoms with E-state index in [2.05, 4.69) is 25.3 Å². The molecule has 2 aromatic carbocycles. The Kier molecular flexibility index (Phi) is 12.9. The van der Waals surface area contributed by atoms with Gasteiger partial charge in [0.25, 0.3) is 0 Å². The number of anilines is 1. The lowest BCUT2D eigenvalue weighted by molar-refractivity contribution is -0.122. The lowest BCUT2D eigenvalue weighted by Gasteiger charge is -2.23. The zero-order chi connectivity index (χ0) is 40.8. The van der Waals surface area contributed by atoms with E-state index in [1.807, 2.05) is 134 Å². The van der Waals surface area contributed by atoms with Gasteiger partial charge in [-0.25, -0.2) is 4.98 Å². The summed E-state index contributed by atoms with van der Waals surface area (Å²) < 4.78 is 6.59. The van der Waals surface area contributed by atoms with Crippen LogP contribution in [0, 0.1) is 6.92 Å². The zero-order valence-corrected chi connectivity index (χ0v) is 32.6. The van der Waals surface area contributed by atoms with Crippen LogP contribution in [0.3, 0.4) is 0 Å². The maximum absolute atomic E-state index is 13.8. The van der Waals surface area contributed by atoms with E-state index in [1.165, 1.54) is 6.08 Å². The molecule has 0 saturated carbocycles. The van der Waals surface area contributed by atoms with Crippen molar-refractivity contribution in [3.05, 3.63) is 191 Å². The maximum atomic E-state index is 13.8. The van der Waals surface area contributed by atoms with Gasteiger partial charge in [0.05, 0.1) is 17.9 Å². The second-order valence-electron chi connectivity index (χ2n) is 13.5. The van der Waals surface area contributed by atoms with Gasteiger partial charge in [-0.3, -0.25) is 29.5 Å². The van der Waals surface area contributed by atoms with E-state index < -0.39 is 5.91 Å². The van der Waals surface area contributed by atoms with Crippen LogP contribution in [0.25, 0.3) is 53.4 Å². The van der Waals surface area contributed by atoms with E-state index in [-0.39, 0.29) is 19.1 Å². The highest BCUT2D eigenvalue weighted by molar-refractivity contribution is 6.01. The fraction of sp³-hybridized carbons (Fsp3) is 0.0816. The number of nitrogens with zero attached hydrogens (tertiary/aromatic N) is 6. The van der Waals surface area contributed by atoms with E-state index in [0.29, 0.717) is 11.4 Å². The number of benzene rings is 2. The van der Waals surface area contributed by atoms with Crippen LogP contribution >= 0.6 is 0 Å². The number of pyridine rings is 5. The Balaban J connectivity index is 1.13. The van der Waals surface area contributed by atoms with Crippen LogP contribution in [0.15, 0.2) is 140 Å². The first kappa shape index (κ1) is 39.4. The third-order valence-corrected chi connectivity index (χ3v) is 9.41. The average molecular weight is 776 g/mol. The predicted molar refractivity (Wildman–Crippen MR) is 236 cm³/mol. The highest BCUT2D eigenvalue weighted by atomic mass is 16.5. The zero-order valence-electron chi connectivity index (χ0n) is 32.6. The Bertz CT molecular complexity index is 2660. The van der Waals surface area contributed by atoms with E-state index in [0.717, 1.165) is 61.2 Å². The van der Waals surface area contributed by atoms with Gasteiger partial charge in [-0.2, -0.15) is 0 Å². The SMILES string of the molecule is Cc1ccc2cccc(OCc3c(/C=C/c4ccncc4)ccc(N(C)C(=O)CNC(=O)/C=C/c4ccc(/C=C/c5ccncc5)nc4)c3/C=C/c3ccncc3)c2n1. The van der Waals surface area contributed by atoms with Crippen molar-refractivity contribution in [1.29, 1.82) is 0 Å². The van der Waals surface area contributed by atoms with Crippen LogP contribution in [-0.4, -0.2) is 50.3 Å². The molecule has 10 heteroatoms. The first-order valence-electron chi connectivity index (χ1n) is 19.0. The highest BCUT2D eigenvalue weighted by Crippen LogP contribution is 2.32. The number of carbonyl (C=O) groups excluding carboxylic acids is 2. The monoisotopic (exact) mass is 775 g/mol. The van der Waals surface area contributed by atoms with Crippen LogP contribution in [0.2, 0.25) is 0 Å². The Morgan fingerprint density at radius 2 is 1.34 bits per heavy atom. The standard InChI is InChI=1S/C49H41N7O3/c1-35-6-12-41-4-3-5-46(49(41)55-35)59-34-44-40(13-7-36-20-26-50-27-21-36)14-18-45(43(44)17-10-38-24-30-52-31-25-38)56(2)48(58)33-54-47(57)19-11-39-9-16-42(53-32-39)15-8-37-22-28-51-29-23-37/h3-32H,33-34H2,1-2H3,(H,54,57)/b13-7+,15-8+,17-10+,19-11+. The molecule has 0 bridgehead atoms. The number of aromatic nitrogens is 5. The van der Waals surface area contributed by atoms with Crippen molar-refractivity contribution in [2.24, 2.45) is 0 Å². The summed E-state index contributed by atoms with van der Waals surface area (Å²) in [6.45, 7) is 1.91. The molecule has 5 heterocycles. The molecule has 290 valence electrons. The van der Waals surface area contributed by atoms with Gasteiger partial charge in [0.1, 0.15) is 17.9 Å². The summed E-state index contributed by atoms with van der Waals surface area (Å²) in [4.78, 5) is 49.8. The van der Waals surface area contributed by atoms with Crippen molar-refractivity contribution in [1.82, 2.24) is 30.2 Å². The molecule has 1 N–H and O–H groups in total. The smallest absolute Gasteiger partial charge is 0.246 e. The van der Waals surface area contributed by atoms with Crippen LogP contribution in [0.1, 0.15) is 50.3 Å². The number of aryl methyl sites for hydroxylation is 1. The summed E-state index contributed by atoms with van der Waals surface area (Å²) in [5, 5.41) is 3.71. The molecule has 7 rings (SSSR count). The maximum Gasteiger partial charge on any atom is 0.246 e. The van der Waals surface area contributed by atoms with Crippen molar-refractivity contribution in [2.75, 3.05) is 18.5 Å². The summed E-state index contributed by atoms with van der Waals surface area (Å²) in [7, 11) is 1.70. The molecule has 59 heavy (non-hydrogen) atoms. The van der Waals surface area contributed by atoms with Gasteiger partial charge >= 0.3 is 0 Å². The molecule has 5 aromatic heterocycles. The van der Waals surface area contributed by atoms with Crippen molar-refractivity contribution >= 4 is 70.9 Å². The Morgan fingerprint density at radius 1 is 0.678 bits per heavy atom. The number of carbonyl (C=O) groups is 2. The summed E-state index contributed by atoms with van der Waals surface area (Å²) in [5.74, 6) is -0.0664. The number of fused-ring (bicyclic) bond motifs is 1. The van der Waals surface area contributed by atoms with Crippen molar-refractivity contribution in [3.63, 3.8) is 0 Å². The van der Waals surface area contributed by atoms with Crippen molar-refractivity contribution in [2.45, 2.75) is 13.5 Å². The first-order valence-corrected chi connectivity index (χ1v) is 19.0. The number of ether oxygens (including phenoxy) is 1. The van der Waals surface area contributed by atoms with Gasteiger partial charge < -0.3 is 15.0 Å². The molecule has 7 aromatic rings. The molecule has 0 unspecified atom stereocenters. The lowest BCUT2D eigenvalue weighted by atomic mass is 9.96. The third-order valence-electron chi connectivity index (χ3n) is 9.41. The number of rotatable bonds is 14. The molecule has 10 nitrogen and oxygen atoms in total. The number of para-hydroxylation sites is 1. The summed E-state index contributed by atoms with van der Waals surface area (Å²) in [5.41, 5.74) is 9.28. The molecule has 0 atom stereocenters. The first-order chi connectivity index (χ1) is 28.9. The fourth-order valence-electron chi connectivity index (χ4n) is 6.18. The number of amides is 2. The van der Waals surface area contributed by atoms with E-state index in [9.17, 15) is 9.59 Å². The highest BCUT2D eigenvalue weighted by Gasteiger charge is 2.19. The largest absolute Gasteiger partial charge is 0.487 e. The average Bonchev–Trinajstić information content (AvgIpc) is 3.28. The summed E-state index contributed by atoms with van der Waals surface area (Å²) in [6.07, 6.45) is 27.0. The molecule has 2 amide bonds. The fourth-order valence-corrected chi connectivity index (χ4v) is 6.18. The molecule has 0 fully saturated rings. The molecular weight excluding hydrogens is 735 g/mol. The van der Waals surface area contributed by atoms with Crippen LogP contribution < -0.4 is 15.0 Å². The minimum absolute atomic E-state index is 0.176. The van der Waals surface area contributed by atoms with E-state index >= 15 is 0 Å². The second kappa shape index (κ2) is 19.3. The van der Waals surface area contributed by atoms with Crippen LogP contribution in [0.5, 0.6) is 5.75 Å². The number of hydrogen-bond acceptors (Lipinski definition) is 8. The topological polar surface area (TPSA) is 123 Å². The summed E-state index contributed by atoms with van der Waals surface area (Å²) >= 11 is 0. The second-order valence-corrected chi connectivity index (χ2v) is 13.5. The number of nitrogens with one attached hydrogen (secondary N) is 1. The van der Waals surface area contributed by atoms with Gasteiger partial charge in [0, 0.05) is 78.7 Å². The van der Waals surface area contributed by atoms with Gasteiger partial charge in [-0.15, -0.1) is 0 Å². The Labute approximate surface area is 343 Å². The molecule has 0 spiro atoms. The van der Waals surface area contributed by atoms with Crippen LogP contribution in [0.4, 0.5) is 5.69 Å². The third kappa shape index (κ3) is 10.7. The minimum Gasteiger partial charge on any atom is -0.487 e. The van der Waals surface area contributed by atoms with Gasteiger partial charge in [0.2, 0.25) is 11.8 Å². The van der Waals surface area contributed by atoms with E-state index in [4.69, 9.17) is 9.72 Å².